The summed E-state index contributed by atoms with van der Waals surface area (Å²) in [5.41, 5.74) is 1.55. The van der Waals surface area contributed by atoms with E-state index in [0.29, 0.717) is 31.1 Å². The van der Waals surface area contributed by atoms with E-state index in [-0.39, 0.29) is 12.0 Å². The van der Waals surface area contributed by atoms with Crippen molar-refractivity contribution < 1.29 is 14.3 Å². The van der Waals surface area contributed by atoms with Gasteiger partial charge in [0, 0.05) is 38.6 Å². The third-order valence-electron chi connectivity index (χ3n) is 9.62. The number of alkyl halides is 1. The standard InChI is InChI=1S/C33H45FN2O2/c34-33(18-10-13-26-11-4-1-5-12-26)19-21-35(22-20-33)23-29-24-36(25-30(29)27-14-6-2-7-15-27)31(32(37)38)28-16-8-3-9-17-28/h1-2,4-7,11-12,14-15,28-31H,3,8-10,13,16-25H2,(H,37,38). The van der Waals surface area contributed by atoms with Gasteiger partial charge in [-0.25, -0.2) is 4.39 Å². The maximum Gasteiger partial charge on any atom is 0.321 e. The number of likely N-dealkylation sites (tertiary alicyclic amines) is 2. The van der Waals surface area contributed by atoms with Gasteiger partial charge in [0.25, 0.3) is 0 Å². The lowest BCUT2D eigenvalue weighted by atomic mass is 9.83. The van der Waals surface area contributed by atoms with E-state index in [1.54, 1.807) is 0 Å². The van der Waals surface area contributed by atoms with E-state index in [0.717, 1.165) is 71.2 Å². The first kappa shape index (κ1) is 27.3. The fourth-order valence-electron chi connectivity index (χ4n) is 7.47. The second-order valence-electron chi connectivity index (χ2n) is 12.2. The summed E-state index contributed by atoms with van der Waals surface area (Å²) in [6, 6.07) is 20.7. The number of hydrogen-bond acceptors (Lipinski definition) is 3. The molecule has 38 heavy (non-hydrogen) atoms. The van der Waals surface area contributed by atoms with Gasteiger partial charge in [-0.3, -0.25) is 9.69 Å². The molecule has 3 fully saturated rings. The van der Waals surface area contributed by atoms with Crippen molar-refractivity contribution in [3.63, 3.8) is 0 Å². The second kappa shape index (κ2) is 12.7. The van der Waals surface area contributed by atoms with Gasteiger partial charge in [0.05, 0.1) is 0 Å². The van der Waals surface area contributed by atoms with Crippen molar-refractivity contribution >= 4 is 5.97 Å². The lowest BCUT2D eigenvalue weighted by molar-refractivity contribution is -0.145. The van der Waals surface area contributed by atoms with Gasteiger partial charge >= 0.3 is 5.97 Å². The van der Waals surface area contributed by atoms with Crippen LogP contribution >= 0.6 is 0 Å². The third kappa shape index (κ3) is 6.84. The van der Waals surface area contributed by atoms with Crippen LogP contribution in [0.1, 0.15) is 74.8 Å². The van der Waals surface area contributed by atoms with Crippen molar-refractivity contribution in [2.75, 3.05) is 32.7 Å². The van der Waals surface area contributed by atoms with E-state index in [9.17, 15) is 9.90 Å². The molecule has 3 atom stereocenters. The Morgan fingerprint density at radius 1 is 0.947 bits per heavy atom. The lowest BCUT2D eigenvalue weighted by Crippen LogP contribution is -2.47. The number of carboxylic acid groups (broad SMARTS) is 1. The summed E-state index contributed by atoms with van der Waals surface area (Å²) in [6.07, 6.45) is 9.28. The van der Waals surface area contributed by atoms with Crippen LogP contribution in [0.4, 0.5) is 4.39 Å². The molecule has 5 heteroatoms. The van der Waals surface area contributed by atoms with Crippen LogP contribution in [-0.4, -0.2) is 65.3 Å². The number of nitrogens with zero attached hydrogens (tertiary/aromatic N) is 2. The van der Waals surface area contributed by atoms with Gasteiger partial charge in [-0.05, 0) is 67.9 Å². The van der Waals surface area contributed by atoms with Gasteiger partial charge in [0.2, 0.25) is 0 Å². The number of rotatable bonds is 10. The highest BCUT2D eigenvalue weighted by molar-refractivity contribution is 5.74. The maximum atomic E-state index is 15.7. The molecule has 2 heterocycles. The van der Waals surface area contributed by atoms with Crippen LogP contribution in [0.3, 0.4) is 0 Å². The smallest absolute Gasteiger partial charge is 0.321 e. The molecule has 1 N–H and O–H groups in total. The Morgan fingerprint density at radius 2 is 1.61 bits per heavy atom. The number of carboxylic acids is 1. The normalized spacial score (nSPS) is 25.8. The number of aryl methyl sites for hydroxylation is 1. The van der Waals surface area contributed by atoms with Gasteiger partial charge < -0.3 is 10.0 Å². The molecule has 0 bridgehead atoms. The molecule has 0 radical (unpaired) electrons. The van der Waals surface area contributed by atoms with Crippen LogP contribution in [0.15, 0.2) is 60.7 Å². The first-order chi connectivity index (χ1) is 18.5. The monoisotopic (exact) mass is 520 g/mol. The minimum absolute atomic E-state index is 0.259. The fourth-order valence-corrected chi connectivity index (χ4v) is 7.47. The van der Waals surface area contributed by atoms with Crippen LogP contribution < -0.4 is 0 Å². The SMILES string of the molecule is O=C(O)C(C1CCCCC1)N1CC(CN2CCC(F)(CCCc3ccccc3)CC2)C(c2ccccc2)C1. The van der Waals surface area contributed by atoms with Crippen LogP contribution in [-0.2, 0) is 11.2 Å². The molecule has 2 aliphatic heterocycles. The largest absolute Gasteiger partial charge is 0.480 e. The molecule has 0 spiro atoms. The predicted molar refractivity (Wildman–Crippen MR) is 151 cm³/mol. The van der Waals surface area contributed by atoms with Crippen molar-refractivity contribution in [1.29, 1.82) is 0 Å². The number of aliphatic carboxylic acids is 1. The van der Waals surface area contributed by atoms with E-state index >= 15 is 4.39 Å². The lowest BCUT2D eigenvalue weighted by Gasteiger charge is -2.38. The average molecular weight is 521 g/mol. The number of hydrogen-bond donors (Lipinski definition) is 1. The third-order valence-corrected chi connectivity index (χ3v) is 9.62. The number of halogens is 1. The second-order valence-corrected chi connectivity index (χ2v) is 12.2. The molecule has 206 valence electrons. The van der Waals surface area contributed by atoms with Crippen molar-refractivity contribution in [3.05, 3.63) is 71.8 Å². The first-order valence-corrected chi connectivity index (χ1v) is 15.0. The quantitative estimate of drug-likeness (QED) is 0.385. The Hall–Kier alpha value is -2.24. The van der Waals surface area contributed by atoms with Gasteiger partial charge in [-0.2, -0.15) is 0 Å². The highest BCUT2D eigenvalue weighted by Gasteiger charge is 2.44. The summed E-state index contributed by atoms with van der Waals surface area (Å²) < 4.78 is 15.7. The summed E-state index contributed by atoms with van der Waals surface area (Å²) in [7, 11) is 0. The molecule has 5 rings (SSSR count). The zero-order valence-corrected chi connectivity index (χ0v) is 22.8. The van der Waals surface area contributed by atoms with E-state index in [1.807, 2.05) is 6.07 Å². The average Bonchev–Trinajstić information content (AvgIpc) is 3.34. The molecule has 2 aromatic rings. The van der Waals surface area contributed by atoms with Crippen LogP contribution in [0.2, 0.25) is 0 Å². The number of carbonyl (C=O) groups is 1. The van der Waals surface area contributed by atoms with Crippen molar-refractivity contribution in [3.8, 4) is 0 Å². The van der Waals surface area contributed by atoms with Gasteiger partial charge in [0.15, 0.2) is 0 Å². The first-order valence-electron chi connectivity index (χ1n) is 15.0. The van der Waals surface area contributed by atoms with Crippen molar-refractivity contribution in [2.24, 2.45) is 11.8 Å². The van der Waals surface area contributed by atoms with Crippen LogP contribution in [0, 0.1) is 11.8 Å². The summed E-state index contributed by atoms with van der Waals surface area (Å²) >= 11 is 0. The molecule has 1 aliphatic carbocycles. The van der Waals surface area contributed by atoms with E-state index in [4.69, 9.17) is 0 Å². The van der Waals surface area contributed by atoms with E-state index < -0.39 is 11.6 Å². The maximum absolute atomic E-state index is 15.7. The number of piperidine rings is 1. The van der Waals surface area contributed by atoms with Gasteiger partial charge in [0.1, 0.15) is 11.7 Å². The van der Waals surface area contributed by atoms with E-state index in [1.165, 1.54) is 17.5 Å². The molecule has 0 aromatic heterocycles. The Balaban J connectivity index is 1.20. The molecule has 2 saturated heterocycles. The van der Waals surface area contributed by atoms with Crippen molar-refractivity contribution in [2.45, 2.75) is 81.8 Å². The van der Waals surface area contributed by atoms with Gasteiger partial charge in [-0.1, -0.05) is 79.9 Å². The van der Waals surface area contributed by atoms with E-state index in [2.05, 4.69) is 64.4 Å². The highest BCUT2D eigenvalue weighted by Crippen LogP contribution is 2.39. The molecule has 0 amide bonds. The molecule has 2 aromatic carbocycles. The zero-order valence-electron chi connectivity index (χ0n) is 22.8. The van der Waals surface area contributed by atoms with Crippen molar-refractivity contribution in [1.82, 2.24) is 9.80 Å². The summed E-state index contributed by atoms with van der Waals surface area (Å²) in [6.45, 7) is 4.15. The zero-order chi connectivity index (χ0) is 26.4. The molecular formula is C33H45FN2O2. The molecule has 4 nitrogen and oxygen atoms in total. The Morgan fingerprint density at radius 3 is 2.26 bits per heavy atom. The minimum atomic E-state index is -1.05. The number of benzene rings is 2. The summed E-state index contributed by atoms with van der Waals surface area (Å²) in [5.74, 6) is 0.298. The molecule has 1 saturated carbocycles. The topological polar surface area (TPSA) is 43.8 Å². The molecular weight excluding hydrogens is 475 g/mol. The van der Waals surface area contributed by atoms with Crippen LogP contribution in [0.25, 0.3) is 0 Å². The molecule has 3 unspecified atom stereocenters. The van der Waals surface area contributed by atoms with Crippen LogP contribution in [0.5, 0.6) is 0 Å². The Kier molecular flexibility index (Phi) is 9.16. The fraction of sp³-hybridized carbons (Fsp3) is 0.606. The van der Waals surface area contributed by atoms with Gasteiger partial charge in [-0.15, -0.1) is 0 Å². The minimum Gasteiger partial charge on any atom is -0.480 e. The Labute approximate surface area is 228 Å². The predicted octanol–water partition coefficient (Wildman–Crippen LogP) is 6.56. The summed E-state index contributed by atoms with van der Waals surface area (Å²) in [4.78, 5) is 17.2. The summed E-state index contributed by atoms with van der Waals surface area (Å²) in [5, 5.41) is 10.3. The molecule has 3 aliphatic rings. The Bertz CT molecular complexity index is 1000. The highest BCUT2D eigenvalue weighted by atomic mass is 19.1.